The summed E-state index contributed by atoms with van der Waals surface area (Å²) in [6.45, 7) is 2.22. The summed E-state index contributed by atoms with van der Waals surface area (Å²) in [6, 6.07) is 13.0. The van der Waals surface area contributed by atoms with Crippen LogP contribution < -0.4 is 14.8 Å². The van der Waals surface area contributed by atoms with E-state index in [1.165, 1.54) is 0 Å². The van der Waals surface area contributed by atoms with Crippen LogP contribution in [0.15, 0.2) is 65.0 Å². The molecule has 7 nitrogen and oxygen atoms in total. The molecule has 0 amide bonds. The van der Waals surface area contributed by atoms with E-state index in [9.17, 15) is 9.59 Å². The molecule has 0 spiro atoms. The van der Waals surface area contributed by atoms with Crippen molar-refractivity contribution in [3.8, 4) is 11.5 Å². The van der Waals surface area contributed by atoms with Crippen molar-refractivity contribution in [2.45, 2.75) is 31.6 Å². The van der Waals surface area contributed by atoms with Gasteiger partial charge < -0.3 is 24.3 Å². The summed E-state index contributed by atoms with van der Waals surface area (Å²) in [5.74, 6) is 0.0343. The second-order valence-electron chi connectivity index (χ2n) is 8.78. The van der Waals surface area contributed by atoms with Crippen LogP contribution in [0.3, 0.4) is 0 Å². The summed E-state index contributed by atoms with van der Waals surface area (Å²) in [5.41, 5.74) is 4.06. The molecule has 36 heavy (non-hydrogen) atoms. The maximum absolute atomic E-state index is 13.7. The van der Waals surface area contributed by atoms with Crippen molar-refractivity contribution < 1.29 is 28.5 Å². The Morgan fingerprint density at radius 2 is 1.78 bits per heavy atom. The van der Waals surface area contributed by atoms with E-state index in [0.29, 0.717) is 51.8 Å². The van der Waals surface area contributed by atoms with E-state index >= 15 is 0 Å². The third kappa shape index (κ3) is 4.99. The summed E-state index contributed by atoms with van der Waals surface area (Å²) >= 11 is 6.59. The third-order valence-corrected chi connectivity index (χ3v) is 7.01. The first-order valence-corrected chi connectivity index (χ1v) is 12.1. The average molecular weight is 512 g/mol. The Kier molecular flexibility index (Phi) is 8.01. The third-order valence-electron chi connectivity index (χ3n) is 6.66. The quantitative estimate of drug-likeness (QED) is 0.398. The number of nitrogens with one attached hydrogen (secondary N) is 1. The molecule has 0 fully saturated rings. The predicted molar refractivity (Wildman–Crippen MR) is 136 cm³/mol. The number of hydrogen-bond donors (Lipinski definition) is 1. The van der Waals surface area contributed by atoms with Crippen LogP contribution in [0.4, 0.5) is 0 Å². The Morgan fingerprint density at radius 3 is 2.47 bits per heavy atom. The van der Waals surface area contributed by atoms with E-state index in [2.05, 4.69) is 5.32 Å². The molecule has 0 saturated heterocycles. The van der Waals surface area contributed by atoms with Crippen molar-refractivity contribution in [3.63, 3.8) is 0 Å². The number of halogens is 1. The fourth-order valence-electron chi connectivity index (χ4n) is 4.97. The van der Waals surface area contributed by atoms with Crippen molar-refractivity contribution >= 4 is 23.4 Å². The molecule has 0 radical (unpaired) electrons. The zero-order chi connectivity index (χ0) is 25.8. The van der Waals surface area contributed by atoms with Gasteiger partial charge in [0, 0.05) is 41.4 Å². The molecule has 1 aliphatic heterocycles. The molecule has 0 unspecified atom stereocenters. The molecule has 190 valence electrons. The fourth-order valence-corrected chi connectivity index (χ4v) is 5.21. The van der Waals surface area contributed by atoms with Gasteiger partial charge in [0.1, 0.15) is 6.61 Å². The second kappa shape index (κ2) is 11.2. The van der Waals surface area contributed by atoms with Crippen molar-refractivity contribution in [1.29, 1.82) is 0 Å². The minimum absolute atomic E-state index is 0.0388. The van der Waals surface area contributed by atoms with Gasteiger partial charge in [-0.2, -0.15) is 0 Å². The number of Topliss-reactive ketones (excluding diaryl/α,β-unsaturated/α-hetero) is 1. The molecule has 1 N–H and O–H groups in total. The number of methoxy groups -OCH3 is 3. The lowest BCUT2D eigenvalue weighted by Crippen LogP contribution is -2.36. The van der Waals surface area contributed by atoms with Crippen LogP contribution in [0.1, 0.15) is 42.7 Å². The van der Waals surface area contributed by atoms with E-state index in [0.717, 1.165) is 11.3 Å². The summed E-state index contributed by atoms with van der Waals surface area (Å²) in [6.07, 6.45) is 0.892. The predicted octanol–water partition coefficient (Wildman–Crippen LogP) is 4.91. The highest BCUT2D eigenvalue weighted by molar-refractivity contribution is 6.31. The number of rotatable bonds is 8. The van der Waals surface area contributed by atoms with Gasteiger partial charge in [-0.05, 0) is 48.6 Å². The highest BCUT2D eigenvalue weighted by atomic mass is 35.5. The molecule has 1 heterocycles. The smallest absolute Gasteiger partial charge is 0.336 e. The molecule has 2 atom stereocenters. The number of hydrogen-bond acceptors (Lipinski definition) is 7. The number of allylic oxidation sites excluding steroid dienone is 3. The Balaban J connectivity index is 1.75. The molecule has 0 bridgehead atoms. The van der Waals surface area contributed by atoms with Crippen LogP contribution in [-0.2, 0) is 19.1 Å². The maximum Gasteiger partial charge on any atom is 0.336 e. The topological polar surface area (TPSA) is 83.1 Å². The van der Waals surface area contributed by atoms with Crippen LogP contribution in [-0.4, -0.2) is 46.3 Å². The van der Waals surface area contributed by atoms with Gasteiger partial charge in [-0.3, -0.25) is 4.79 Å². The zero-order valence-corrected chi connectivity index (χ0v) is 21.6. The summed E-state index contributed by atoms with van der Waals surface area (Å²) in [7, 11) is 4.72. The molecule has 0 saturated carbocycles. The number of carbonyl (C=O) groups is 2. The Morgan fingerprint density at radius 1 is 1.03 bits per heavy atom. The van der Waals surface area contributed by atoms with Gasteiger partial charge in [0.2, 0.25) is 0 Å². The molecule has 2 aromatic carbocycles. The average Bonchev–Trinajstić information content (AvgIpc) is 2.87. The van der Waals surface area contributed by atoms with E-state index < -0.39 is 11.9 Å². The van der Waals surface area contributed by atoms with Crippen LogP contribution in [0, 0.1) is 0 Å². The van der Waals surface area contributed by atoms with Crippen molar-refractivity contribution in [3.05, 3.63) is 81.2 Å². The largest absolute Gasteiger partial charge is 0.493 e. The van der Waals surface area contributed by atoms with Crippen molar-refractivity contribution in [2.75, 3.05) is 34.5 Å². The number of benzene rings is 2. The Bertz CT molecular complexity index is 1230. The lowest BCUT2D eigenvalue weighted by atomic mass is 9.71. The van der Waals surface area contributed by atoms with Gasteiger partial charge in [-0.15, -0.1) is 0 Å². The van der Waals surface area contributed by atoms with Gasteiger partial charge in [-0.1, -0.05) is 35.9 Å². The lowest BCUT2D eigenvalue weighted by Gasteiger charge is -2.37. The van der Waals surface area contributed by atoms with Crippen molar-refractivity contribution in [1.82, 2.24) is 5.32 Å². The Labute approximate surface area is 216 Å². The van der Waals surface area contributed by atoms with Gasteiger partial charge in [-0.25, -0.2) is 4.79 Å². The summed E-state index contributed by atoms with van der Waals surface area (Å²) in [5, 5.41) is 3.83. The van der Waals surface area contributed by atoms with E-state index in [4.69, 9.17) is 30.5 Å². The number of ketones is 1. The highest BCUT2D eigenvalue weighted by Gasteiger charge is 2.42. The molecular formula is C28H30ClNO6. The molecular weight excluding hydrogens is 482 g/mol. The van der Waals surface area contributed by atoms with Crippen LogP contribution in [0.25, 0.3) is 0 Å². The minimum Gasteiger partial charge on any atom is -0.493 e. The van der Waals surface area contributed by atoms with Gasteiger partial charge >= 0.3 is 5.97 Å². The number of dihydropyridines is 1. The lowest BCUT2D eigenvalue weighted by molar-refractivity contribution is -0.140. The first-order valence-electron chi connectivity index (χ1n) is 11.8. The summed E-state index contributed by atoms with van der Waals surface area (Å²) < 4.78 is 21.3. The molecule has 1 aliphatic carbocycles. The number of esters is 1. The standard InChI is InChI=1S/C28H30ClNO6/c1-16-25(28(32)36-12-11-33-2)26(19-7-5-6-8-20(19)29)27-21(30-16)13-18(14-22(27)31)17-9-10-23(34-3)24(15-17)35-4/h5-10,15,18,26,30H,11-14H2,1-4H3/t18-,26-/m1/s1. The van der Waals surface area contributed by atoms with E-state index in [1.807, 2.05) is 43.3 Å². The van der Waals surface area contributed by atoms with Crippen LogP contribution >= 0.6 is 11.6 Å². The number of carbonyl (C=O) groups excluding carboxylic acids is 2. The second-order valence-corrected chi connectivity index (χ2v) is 9.19. The molecule has 2 aromatic rings. The number of ether oxygens (including phenoxy) is 4. The normalized spacial score (nSPS) is 19.5. The zero-order valence-electron chi connectivity index (χ0n) is 20.9. The molecule has 2 aliphatic rings. The van der Waals surface area contributed by atoms with Gasteiger partial charge in [0.25, 0.3) is 0 Å². The van der Waals surface area contributed by atoms with E-state index in [-0.39, 0.29) is 24.9 Å². The van der Waals surface area contributed by atoms with Gasteiger partial charge in [0.15, 0.2) is 17.3 Å². The van der Waals surface area contributed by atoms with E-state index in [1.54, 1.807) is 27.4 Å². The minimum atomic E-state index is -0.621. The Hall–Kier alpha value is -3.29. The maximum atomic E-state index is 13.7. The summed E-state index contributed by atoms with van der Waals surface area (Å²) in [4.78, 5) is 26.9. The molecule has 4 rings (SSSR count). The van der Waals surface area contributed by atoms with Crippen LogP contribution in [0.5, 0.6) is 11.5 Å². The first kappa shape index (κ1) is 25.8. The monoisotopic (exact) mass is 511 g/mol. The van der Waals surface area contributed by atoms with Gasteiger partial charge in [0.05, 0.1) is 26.4 Å². The first-order chi connectivity index (χ1) is 17.4. The fraction of sp³-hybridized carbons (Fsp3) is 0.357. The van der Waals surface area contributed by atoms with Crippen molar-refractivity contribution in [2.24, 2.45) is 0 Å². The molecule has 0 aromatic heterocycles. The highest BCUT2D eigenvalue weighted by Crippen LogP contribution is 2.47. The molecule has 8 heteroatoms. The SMILES string of the molecule is COCCOC(=O)C1=C(C)NC2=C(C(=O)C[C@H](c3ccc(OC)c(OC)c3)C2)[C@@H]1c1ccccc1Cl. The van der Waals surface area contributed by atoms with Crippen LogP contribution in [0.2, 0.25) is 5.02 Å².